The Labute approximate surface area is 207 Å². The number of aliphatic hydroxyl groups excluding tert-OH is 1. The van der Waals surface area contributed by atoms with E-state index in [0.717, 1.165) is 63.6 Å². The number of carbonyl (C=O) groups is 2. The van der Waals surface area contributed by atoms with Crippen molar-refractivity contribution in [3.63, 3.8) is 0 Å². The third-order valence-corrected chi connectivity index (χ3v) is 5.58. The number of halogens is 1. The van der Waals surface area contributed by atoms with Gasteiger partial charge in [-0.1, -0.05) is 38.3 Å². The Morgan fingerprint density at radius 3 is 1.97 bits per heavy atom. The highest BCUT2D eigenvalue weighted by Crippen LogP contribution is 2.21. The SMILES string of the molecule is CCN(CCCCCCCF)CCC[C@H](O)c1ccc(NS(C)(=O)=O)cc1.O=C(O)/C=C/C(=O)O. The van der Waals surface area contributed by atoms with Crippen molar-refractivity contribution < 1.29 is 37.7 Å². The van der Waals surface area contributed by atoms with E-state index in [1.54, 1.807) is 24.3 Å². The van der Waals surface area contributed by atoms with Crippen LogP contribution in [-0.2, 0) is 19.6 Å². The zero-order valence-corrected chi connectivity index (χ0v) is 21.3. The fraction of sp³-hybridized carbons (Fsp3) is 0.583. The highest BCUT2D eigenvalue weighted by Gasteiger charge is 2.10. The predicted molar refractivity (Wildman–Crippen MR) is 135 cm³/mol. The number of aliphatic carboxylic acids is 2. The normalized spacial score (nSPS) is 12.3. The molecule has 11 heteroatoms. The van der Waals surface area contributed by atoms with Crippen molar-refractivity contribution in [2.75, 3.05) is 37.3 Å². The fourth-order valence-electron chi connectivity index (χ4n) is 3.19. The lowest BCUT2D eigenvalue weighted by Crippen LogP contribution is -2.26. The van der Waals surface area contributed by atoms with Crippen molar-refractivity contribution >= 4 is 27.6 Å². The molecule has 1 aromatic rings. The van der Waals surface area contributed by atoms with Crippen LogP contribution in [0.4, 0.5) is 10.1 Å². The van der Waals surface area contributed by atoms with Crippen molar-refractivity contribution in [2.45, 2.75) is 58.0 Å². The number of carboxylic acids is 2. The van der Waals surface area contributed by atoms with Crippen LogP contribution in [-0.4, -0.2) is 73.1 Å². The van der Waals surface area contributed by atoms with Gasteiger partial charge in [0.15, 0.2) is 0 Å². The van der Waals surface area contributed by atoms with E-state index in [2.05, 4.69) is 16.5 Å². The van der Waals surface area contributed by atoms with E-state index in [-0.39, 0.29) is 6.67 Å². The lowest BCUT2D eigenvalue weighted by Gasteiger charge is -2.21. The summed E-state index contributed by atoms with van der Waals surface area (Å²) in [5, 5.41) is 26.0. The summed E-state index contributed by atoms with van der Waals surface area (Å²) in [5.41, 5.74) is 1.29. The lowest BCUT2D eigenvalue weighted by atomic mass is 10.0. The molecule has 9 nitrogen and oxygen atoms in total. The second kappa shape index (κ2) is 18.8. The number of benzene rings is 1. The maximum Gasteiger partial charge on any atom is 0.328 e. The maximum atomic E-state index is 12.0. The van der Waals surface area contributed by atoms with E-state index >= 15 is 0 Å². The second-order valence-electron chi connectivity index (χ2n) is 8.06. The van der Waals surface area contributed by atoms with Crippen molar-refractivity contribution in [1.82, 2.24) is 4.90 Å². The van der Waals surface area contributed by atoms with E-state index in [9.17, 15) is 27.5 Å². The zero-order chi connectivity index (χ0) is 26.7. The van der Waals surface area contributed by atoms with Crippen LogP contribution >= 0.6 is 0 Å². The number of carboxylic acid groups (broad SMARTS) is 2. The largest absolute Gasteiger partial charge is 0.478 e. The van der Waals surface area contributed by atoms with Crippen LogP contribution in [0.25, 0.3) is 0 Å². The monoisotopic (exact) mass is 518 g/mol. The summed E-state index contributed by atoms with van der Waals surface area (Å²) in [5.74, 6) is -2.51. The minimum Gasteiger partial charge on any atom is -0.478 e. The van der Waals surface area contributed by atoms with Crippen molar-refractivity contribution in [2.24, 2.45) is 0 Å². The molecule has 0 saturated carbocycles. The van der Waals surface area contributed by atoms with Crippen LogP contribution in [0.2, 0.25) is 0 Å². The summed E-state index contributed by atoms with van der Waals surface area (Å²) in [4.78, 5) is 21.5. The summed E-state index contributed by atoms with van der Waals surface area (Å²) >= 11 is 0. The molecular weight excluding hydrogens is 479 g/mol. The molecule has 4 N–H and O–H groups in total. The minimum atomic E-state index is -3.29. The Morgan fingerprint density at radius 2 is 1.49 bits per heavy atom. The van der Waals surface area contributed by atoms with Gasteiger partial charge < -0.3 is 20.2 Å². The van der Waals surface area contributed by atoms with Gasteiger partial charge in [-0.2, -0.15) is 0 Å². The highest BCUT2D eigenvalue weighted by atomic mass is 32.2. The van der Waals surface area contributed by atoms with E-state index < -0.39 is 28.1 Å². The molecule has 0 amide bonds. The van der Waals surface area contributed by atoms with Gasteiger partial charge >= 0.3 is 11.9 Å². The number of alkyl halides is 1. The standard InChI is InChI=1S/C20H35FN2O3S.C4H4O4/c1-3-23(16-8-6-4-5-7-15-21)17-9-10-20(24)18-11-13-19(14-12-18)22-27(2,25)26;5-3(6)1-2-4(7)8/h11-14,20,22,24H,3-10,15-17H2,1-2H3;1-2H,(H,5,6)(H,7,8)/b;2-1+/t20-;/m0./s1. The Hall–Kier alpha value is -2.50. The van der Waals surface area contributed by atoms with Crippen molar-refractivity contribution in [3.05, 3.63) is 42.0 Å². The van der Waals surface area contributed by atoms with Gasteiger partial charge in [0.1, 0.15) is 0 Å². The molecule has 0 aliphatic heterocycles. The smallest absolute Gasteiger partial charge is 0.328 e. The Kier molecular flexibility index (Phi) is 17.4. The van der Waals surface area contributed by atoms with E-state index in [1.165, 1.54) is 0 Å². The summed E-state index contributed by atoms with van der Waals surface area (Å²) in [6.07, 6.45) is 8.30. The lowest BCUT2D eigenvalue weighted by molar-refractivity contribution is -0.134. The van der Waals surface area contributed by atoms with Crippen LogP contribution in [0.5, 0.6) is 0 Å². The van der Waals surface area contributed by atoms with E-state index in [4.69, 9.17) is 10.2 Å². The molecule has 0 aliphatic rings. The number of nitrogens with one attached hydrogen (secondary N) is 1. The molecule has 200 valence electrons. The minimum absolute atomic E-state index is 0.208. The van der Waals surface area contributed by atoms with E-state index in [0.29, 0.717) is 30.7 Å². The Bertz CT molecular complexity index is 845. The van der Waals surface area contributed by atoms with Gasteiger partial charge in [0, 0.05) is 17.8 Å². The third-order valence-electron chi connectivity index (χ3n) is 4.97. The zero-order valence-electron chi connectivity index (χ0n) is 20.5. The van der Waals surface area contributed by atoms with Gasteiger partial charge in [0.25, 0.3) is 0 Å². The number of anilines is 1. The Balaban J connectivity index is 0.00000124. The number of rotatable bonds is 17. The number of hydrogen-bond donors (Lipinski definition) is 4. The number of aliphatic hydroxyl groups is 1. The molecule has 0 heterocycles. The molecule has 35 heavy (non-hydrogen) atoms. The van der Waals surface area contributed by atoms with E-state index in [1.807, 2.05) is 0 Å². The molecule has 0 aliphatic carbocycles. The third kappa shape index (κ3) is 19.5. The van der Waals surface area contributed by atoms with Gasteiger partial charge in [-0.3, -0.25) is 9.11 Å². The molecule has 0 saturated heterocycles. The quantitative estimate of drug-likeness (QED) is 0.180. The first kappa shape index (κ1) is 32.5. The molecule has 1 atom stereocenters. The molecule has 0 bridgehead atoms. The molecule has 0 fully saturated rings. The molecule has 1 aromatic carbocycles. The van der Waals surface area contributed by atoms with Crippen LogP contribution in [0, 0.1) is 0 Å². The predicted octanol–water partition coefficient (Wildman–Crippen LogP) is 3.83. The summed E-state index contributed by atoms with van der Waals surface area (Å²) in [7, 11) is -3.29. The van der Waals surface area contributed by atoms with Gasteiger partial charge in [0.2, 0.25) is 10.0 Å². The number of unbranched alkanes of at least 4 members (excludes halogenated alkanes) is 4. The van der Waals surface area contributed by atoms with Gasteiger partial charge in [-0.25, -0.2) is 18.0 Å². The van der Waals surface area contributed by atoms with Crippen LogP contribution in [0.3, 0.4) is 0 Å². The average Bonchev–Trinajstić information content (AvgIpc) is 2.78. The van der Waals surface area contributed by atoms with Crippen molar-refractivity contribution in [1.29, 1.82) is 0 Å². The molecule has 0 spiro atoms. The molecule has 0 aromatic heterocycles. The number of nitrogens with zero attached hydrogens (tertiary/aromatic N) is 1. The first-order valence-corrected chi connectivity index (χ1v) is 13.6. The summed E-state index contributed by atoms with van der Waals surface area (Å²) < 4.78 is 36.9. The van der Waals surface area contributed by atoms with Gasteiger partial charge in [-0.15, -0.1) is 0 Å². The number of sulfonamides is 1. The molecular formula is C24H39FN2O7S. The fourth-order valence-corrected chi connectivity index (χ4v) is 3.76. The highest BCUT2D eigenvalue weighted by molar-refractivity contribution is 7.92. The summed E-state index contributed by atoms with van der Waals surface area (Å²) in [6.45, 7) is 4.93. The first-order chi connectivity index (χ1) is 16.5. The van der Waals surface area contributed by atoms with Crippen molar-refractivity contribution in [3.8, 4) is 0 Å². The molecule has 0 radical (unpaired) electrons. The summed E-state index contributed by atoms with van der Waals surface area (Å²) in [6, 6.07) is 6.85. The Morgan fingerprint density at radius 1 is 0.971 bits per heavy atom. The first-order valence-electron chi connectivity index (χ1n) is 11.7. The maximum absolute atomic E-state index is 12.0. The molecule has 1 rings (SSSR count). The number of hydrogen-bond acceptors (Lipinski definition) is 6. The average molecular weight is 519 g/mol. The van der Waals surface area contributed by atoms with Crippen LogP contribution in [0.1, 0.15) is 63.5 Å². The second-order valence-corrected chi connectivity index (χ2v) is 9.80. The molecule has 0 unspecified atom stereocenters. The van der Waals surface area contributed by atoms with Gasteiger partial charge in [-0.05, 0) is 63.0 Å². The van der Waals surface area contributed by atoms with Crippen LogP contribution < -0.4 is 4.72 Å². The van der Waals surface area contributed by atoms with Gasteiger partial charge in [0.05, 0.1) is 19.0 Å². The van der Waals surface area contributed by atoms with Crippen LogP contribution in [0.15, 0.2) is 36.4 Å². The topological polar surface area (TPSA) is 144 Å².